The van der Waals surface area contributed by atoms with Crippen molar-refractivity contribution in [3.05, 3.63) is 57.2 Å². The van der Waals surface area contributed by atoms with Crippen LogP contribution in [0.25, 0.3) is 0 Å². The van der Waals surface area contributed by atoms with Gasteiger partial charge in [0.05, 0.1) is 6.54 Å². The summed E-state index contributed by atoms with van der Waals surface area (Å²) in [6, 6.07) is 12.3. The van der Waals surface area contributed by atoms with Crippen LogP contribution in [0.2, 0.25) is 5.02 Å². The lowest BCUT2D eigenvalue weighted by atomic mass is 9.74. The van der Waals surface area contributed by atoms with Gasteiger partial charge in [-0.2, -0.15) is 0 Å². The molecule has 0 saturated carbocycles. The zero-order chi connectivity index (χ0) is 17.5. The average Bonchev–Trinajstić information content (AvgIpc) is 3.16. The van der Waals surface area contributed by atoms with Crippen LogP contribution >= 0.6 is 46.9 Å². The highest BCUT2D eigenvalue weighted by Crippen LogP contribution is 2.38. The second-order valence-electron chi connectivity index (χ2n) is 6.23. The lowest BCUT2D eigenvalue weighted by Crippen LogP contribution is -2.48. The molecule has 0 unspecified atom stereocenters. The number of aliphatic imine (C=N–C) groups is 1. The molecule has 1 aromatic heterocycles. The van der Waals surface area contributed by atoms with Gasteiger partial charge in [0, 0.05) is 42.1 Å². The van der Waals surface area contributed by atoms with Gasteiger partial charge in [0.15, 0.2) is 5.96 Å². The van der Waals surface area contributed by atoms with Gasteiger partial charge in [-0.15, -0.1) is 35.3 Å². The maximum atomic E-state index is 6.51. The van der Waals surface area contributed by atoms with Crippen LogP contribution in [0.1, 0.15) is 23.3 Å². The zero-order valence-electron chi connectivity index (χ0n) is 14.8. The standard InChI is InChI=1S/C19H24ClN3OS.HI/c1-21-18(22-13-15-5-4-12-25-15)23-14-19(8-10-24-11-9-19)16-6-2-3-7-17(16)20;/h2-7,12H,8-11,13-14H2,1H3,(H2,21,22,23);1H. The first-order chi connectivity index (χ1) is 12.2. The SMILES string of the molecule is CN=C(NCc1cccs1)NCC1(c2ccccc2Cl)CCOCC1.I. The van der Waals surface area contributed by atoms with Crippen molar-refractivity contribution in [2.75, 3.05) is 26.8 Å². The molecule has 1 fully saturated rings. The van der Waals surface area contributed by atoms with E-state index >= 15 is 0 Å². The van der Waals surface area contributed by atoms with Crippen molar-refractivity contribution in [3.8, 4) is 0 Å². The normalized spacial score (nSPS) is 16.6. The molecule has 26 heavy (non-hydrogen) atoms. The Kier molecular flexibility index (Phi) is 8.66. The molecule has 0 aliphatic carbocycles. The number of guanidine groups is 1. The molecule has 3 rings (SSSR count). The first-order valence-electron chi connectivity index (χ1n) is 8.53. The average molecular weight is 506 g/mol. The van der Waals surface area contributed by atoms with Crippen molar-refractivity contribution in [2.24, 2.45) is 4.99 Å². The van der Waals surface area contributed by atoms with Crippen LogP contribution in [0.5, 0.6) is 0 Å². The molecule has 142 valence electrons. The molecule has 1 aliphatic rings. The summed E-state index contributed by atoms with van der Waals surface area (Å²) in [5, 5.41) is 9.79. The van der Waals surface area contributed by atoms with E-state index in [1.807, 2.05) is 12.1 Å². The Morgan fingerprint density at radius 1 is 1.19 bits per heavy atom. The molecule has 2 aromatic rings. The number of ether oxygens (including phenoxy) is 1. The van der Waals surface area contributed by atoms with Crippen LogP contribution < -0.4 is 10.6 Å². The summed E-state index contributed by atoms with van der Waals surface area (Å²) in [4.78, 5) is 5.64. The Labute approximate surface area is 181 Å². The Balaban J connectivity index is 0.00000243. The molecule has 0 atom stereocenters. The van der Waals surface area contributed by atoms with E-state index < -0.39 is 0 Å². The second kappa shape index (κ2) is 10.5. The minimum Gasteiger partial charge on any atom is -0.381 e. The number of hydrogen-bond acceptors (Lipinski definition) is 3. The molecule has 4 nitrogen and oxygen atoms in total. The smallest absolute Gasteiger partial charge is 0.191 e. The van der Waals surface area contributed by atoms with Gasteiger partial charge in [-0.3, -0.25) is 4.99 Å². The number of benzene rings is 1. The van der Waals surface area contributed by atoms with Gasteiger partial charge in [-0.25, -0.2) is 0 Å². The molecule has 0 amide bonds. The third-order valence-electron chi connectivity index (χ3n) is 4.72. The van der Waals surface area contributed by atoms with Crippen molar-refractivity contribution >= 4 is 52.9 Å². The number of halogens is 2. The van der Waals surface area contributed by atoms with Crippen LogP contribution in [0.3, 0.4) is 0 Å². The van der Waals surface area contributed by atoms with Crippen molar-refractivity contribution in [2.45, 2.75) is 24.8 Å². The number of thiophene rings is 1. The van der Waals surface area contributed by atoms with Crippen LogP contribution in [0.15, 0.2) is 46.8 Å². The number of rotatable bonds is 5. The van der Waals surface area contributed by atoms with Crippen LogP contribution in [0.4, 0.5) is 0 Å². The number of hydrogen-bond donors (Lipinski definition) is 2. The first kappa shape index (κ1) is 21.5. The second-order valence-corrected chi connectivity index (χ2v) is 7.67. The number of nitrogens with zero attached hydrogens (tertiary/aromatic N) is 1. The monoisotopic (exact) mass is 505 g/mol. The van der Waals surface area contributed by atoms with Crippen molar-refractivity contribution in [1.29, 1.82) is 0 Å². The predicted octanol–water partition coefficient (Wildman–Crippen LogP) is 4.43. The largest absolute Gasteiger partial charge is 0.381 e. The van der Waals surface area contributed by atoms with Crippen molar-refractivity contribution in [3.63, 3.8) is 0 Å². The quantitative estimate of drug-likeness (QED) is 0.359. The van der Waals surface area contributed by atoms with E-state index in [0.29, 0.717) is 0 Å². The van der Waals surface area contributed by atoms with Crippen LogP contribution in [-0.4, -0.2) is 32.8 Å². The molecule has 2 heterocycles. The van der Waals surface area contributed by atoms with E-state index in [9.17, 15) is 0 Å². The molecule has 0 bridgehead atoms. The lowest BCUT2D eigenvalue weighted by molar-refractivity contribution is 0.0514. The van der Waals surface area contributed by atoms with Crippen molar-refractivity contribution in [1.82, 2.24) is 10.6 Å². The summed E-state index contributed by atoms with van der Waals surface area (Å²) in [5.74, 6) is 0.811. The lowest BCUT2D eigenvalue weighted by Gasteiger charge is -2.38. The number of nitrogens with one attached hydrogen (secondary N) is 2. The summed E-state index contributed by atoms with van der Waals surface area (Å²) in [6.45, 7) is 3.08. The fourth-order valence-electron chi connectivity index (χ4n) is 3.25. The highest BCUT2D eigenvalue weighted by atomic mass is 127. The van der Waals surface area contributed by atoms with E-state index in [2.05, 4.69) is 45.3 Å². The highest BCUT2D eigenvalue weighted by Gasteiger charge is 2.36. The topological polar surface area (TPSA) is 45.7 Å². The maximum Gasteiger partial charge on any atom is 0.191 e. The van der Waals surface area contributed by atoms with Crippen LogP contribution in [0, 0.1) is 0 Å². The fraction of sp³-hybridized carbons (Fsp3) is 0.421. The molecular formula is C19H25ClIN3OS. The van der Waals surface area contributed by atoms with E-state index in [4.69, 9.17) is 16.3 Å². The van der Waals surface area contributed by atoms with Gasteiger partial charge in [0.25, 0.3) is 0 Å². The molecule has 0 spiro atoms. The van der Waals surface area contributed by atoms with Gasteiger partial charge in [0.2, 0.25) is 0 Å². The third-order valence-corrected chi connectivity index (χ3v) is 5.93. The minimum atomic E-state index is -0.0306. The molecule has 1 saturated heterocycles. The Morgan fingerprint density at radius 3 is 2.62 bits per heavy atom. The van der Waals surface area contributed by atoms with Crippen LogP contribution in [-0.2, 0) is 16.7 Å². The van der Waals surface area contributed by atoms with Crippen molar-refractivity contribution < 1.29 is 4.74 Å². The van der Waals surface area contributed by atoms with E-state index in [-0.39, 0.29) is 29.4 Å². The molecule has 0 radical (unpaired) electrons. The fourth-order valence-corrected chi connectivity index (χ4v) is 4.23. The Hall–Kier alpha value is -0.830. The third kappa shape index (κ3) is 5.34. The molecule has 1 aliphatic heterocycles. The minimum absolute atomic E-state index is 0. The predicted molar refractivity (Wildman–Crippen MR) is 121 cm³/mol. The van der Waals surface area contributed by atoms with E-state index in [1.165, 1.54) is 10.4 Å². The van der Waals surface area contributed by atoms with Gasteiger partial charge >= 0.3 is 0 Å². The zero-order valence-corrected chi connectivity index (χ0v) is 18.7. The Bertz CT molecular complexity index is 703. The Morgan fingerprint density at radius 2 is 1.96 bits per heavy atom. The summed E-state index contributed by atoms with van der Waals surface area (Å²) in [7, 11) is 1.80. The van der Waals surface area contributed by atoms with Gasteiger partial charge in [-0.1, -0.05) is 35.9 Å². The molecular weight excluding hydrogens is 481 g/mol. The van der Waals surface area contributed by atoms with Gasteiger partial charge < -0.3 is 15.4 Å². The molecule has 1 aromatic carbocycles. The molecule has 2 N–H and O–H groups in total. The highest BCUT2D eigenvalue weighted by molar-refractivity contribution is 14.0. The van der Waals surface area contributed by atoms with E-state index in [1.54, 1.807) is 18.4 Å². The summed E-state index contributed by atoms with van der Waals surface area (Å²) in [6.07, 6.45) is 1.90. The summed E-state index contributed by atoms with van der Waals surface area (Å²) >= 11 is 8.25. The maximum absolute atomic E-state index is 6.51. The molecule has 7 heteroatoms. The summed E-state index contributed by atoms with van der Waals surface area (Å²) in [5.41, 5.74) is 1.16. The van der Waals surface area contributed by atoms with E-state index in [0.717, 1.165) is 50.1 Å². The first-order valence-corrected chi connectivity index (χ1v) is 9.79. The van der Waals surface area contributed by atoms with Gasteiger partial charge in [0.1, 0.15) is 0 Å². The van der Waals surface area contributed by atoms with Gasteiger partial charge in [-0.05, 0) is 35.9 Å². The summed E-state index contributed by atoms with van der Waals surface area (Å²) < 4.78 is 5.60.